The second-order valence-electron chi connectivity index (χ2n) is 5.19. The summed E-state index contributed by atoms with van der Waals surface area (Å²) in [7, 11) is 0. The van der Waals surface area contributed by atoms with Gasteiger partial charge in [-0.25, -0.2) is 4.79 Å². The quantitative estimate of drug-likeness (QED) is 0.582. The van der Waals surface area contributed by atoms with Gasteiger partial charge in [0, 0.05) is 6.42 Å². The van der Waals surface area contributed by atoms with Crippen LogP contribution in [0, 0.1) is 24.0 Å². The molecule has 1 aromatic heterocycles. The molecule has 1 fully saturated rings. The number of hydrogen-bond acceptors (Lipinski definition) is 5. The van der Waals surface area contributed by atoms with Crippen molar-refractivity contribution in [2.75, 3.05) is 0 Å². The number of rotatable bonds is 6. The fourth-order valence-corrected chi connectivity index (χ4v) is 2.22. The normalized spacial score (nSPS) is 15.5. The first-order valence-corrected chi connectivity index (χ1v) is 6.49. The van der Waals surface area contributed by atoms with Gasteiger partial charge in [-0.05, 0) is 26.7 Å². The zero-order valence-electron chi connectivity index (χ0n) is 11.8. The second kappa shape index (κ2) is 5.15. The van der Waals surface area contributed by atoms with Crippen molar-refractivity contribution in [3.8, 4) is 0 Å². The summed E-state index contributed by atoms with van der Waals surface area (Å²) in [6, 6.07) is 0. The van der Waals surface area contributed by atoms with E-state index in [1.807, 2.05) is 0 Å². The molecule has 1 heterocycles. The Labute approximate surface area is 120 Å². The molecular weight excluding hydrogens is 280 g/mol. The second-order valence-corrected chi connectivity index (χ2v) is 5.19. The first-order chi connectivity index (χ1) is 9.77. The van der Waals surface area contributed by atoms with E-state index in [0.29, 0.717) is 24.2 Å². The fraction of sp³-hybridized carbons (Fsp3) is 0.583. The summed E-state index contributed by atoms with van der Waals surface area (Å²) in [5, 5.41) is 26.4. The predicted octanol–water partition coefficient (Wildman–Crippen LogP) is 0.532. The molecular formula is C12H16N4O5. The molecule has 0 bridgehead atoms. The van der Waals surface area contributed by atoms with Gasteiger partial charge >= 0.3 is 11.7 Å². The van der Waals surface area contributed by atoms with E-state index in [9.17, 15) is 19.7 Å². The number of carbonyl (C=O) groups is 2. The topological polar surface area (TPSA) is 127 Å². The molecule has 1 saturated carbocycles. The molecule has 9 nitrogen and oxygen atoms in total. The van der Waals surface area contributed by atoms with Gasteiger partial charge in [-0.3, -0.25) is 19.6 Å². The SMILES string of the molecule is Cc1nn(CCC(=O)NC2(C(=O)O)CC2)c(C)c1[N+](=O)[O-]. The molecule has 0 aliphatic heterocycles. The number of aromatic nitrogens is 2. The third-order valence-corrected chi connectivity index (χ3v) is 3.61. The molecule has 1 amide bonds. The Bertz CT molecular complexity index is 617. The Kier molecular flexibility index (Phi) is 3.67. The van der Waals surface area contributed by atoms with E-state index >= 15 is 0 Å². The van der Waals surface area contributed by atoms with Crippen LogP contribution in [0.1, 0.15) is 30.7 Å². The highest BCUT2D eigenvalue weighted by atomic mass is 16.6. The van der Waals surface area contributed by atoms with E-state index in [1.54, 1.807) is 6.92 Å². The summed E-state index contributed by atoms with van der Waals surface area (Å²) >= 11 is 0. The molecule has 0 spiro atoms. The van der Waals surface area contributed by atoms with Crippen LogP contribution in [0.25, 0.3) is 0 Å². The third kappa shape index (κ3) is 2.86. The molecule has 0 radical (unpaired) electrons. The highest BCUT2D eigenvalue weighted by Gasteiger charge is 2.51. The number of amides is 1. The van der Waals surface area contributed by atoms with Crippen molar-refractivity contribution in [1.29, 1.82) is 0 Å². The van der Waals surface area contributed by atoms with Gasteiger partial charge in [0.15, 0.2) is 0 Å². The van der Waals surface area contributed by atoms with Crippen LogP contribution in [0.15, 0.2) is 0 Å². The van der Waals surface area contributed by atoms with Crippen molar-refractivity contribution in [3.63, 3.8) is 0 Å². The zero-order valence-corrected chi connectivity index (χ0v) is 11.8. The maximum Gasteiger partial charge on any atom is 0.329 e. The minimum atomic E-state index is -1.11. The monoisotopic (exact) mass is 296 g/mol. The zero-order chi connectivity index (χ0) is 15.8. The lowest BCUT2D eigenvalue weighted by Crippen LogP contribution is -2.43. The van der Waals surface area contributed by atoms with Crippen molar-refractivity contribution in [2.24, 2.45) is 0 Å². The van der Waals surface area contributed by atoms with E-state index in [0.717, 1.165) is 0 Å². The Hall–Kier alpha value is -2.45. The molecule has 2 N–H and O–H groups in total. The summed E-state index contributed by atoms with van der Waals surface area (Å²) < 4.78 is 1.40. The minimum Gasteiger partial charge on any atom is -0.480 e. The lowest BCUT2D eigenvalue weighted by Gasteiger charge is -2.12. The fourth-order valence-electron chi connectivity index (χ4n) is 2.22. The standard InChI is InChI=1S/C12H16N4O5/c1-7-10(16(20)21)8(2)15(14-7)6-3-9(17)13-12(4-5-12)11(18)19/h3-6H2,1-2H3,(H,13,17)(H,18,19). The number of carbonyl (C=O) groups excluding carboxylic acids is 1. The van der Waals surface area contributed by atoms with Gasteiger partial charge in [0.25, 0.3) is 0 Å². The Morgan fingerprint density at radius 2 is 2.10 bits per heavy atom. The van der Waals surface area contributed by atoms with E-state index in [4.69, 9.17) is 5.11 Å². The summed E-state index contributed by atoms with van der Waals surface area (Å²) in [4.78, 5) is 33.1. The van der Waals surface area contributed by atoms with Crippen LogP contribution < -0.4 is 5.32 Å². The Morgan fingerprint density at radius 1 is 1.48 bits per heavy atom. The molecule has 1 aromatic rings. The first-order valence-electron chi connectivity index (χ1n) is 6.49. The van der Waals surface area contributed by atoms with E-state index in [-0.39, 0.29) is 18.7 Å². The van der Waals surface area contributed by atoms with Crippen molar-refractivity contribution in [1.82, 2.24) is 15.1 Å². The number of nitrogens with one attached hydrogen (secondary N) is 1. The van der Waals surface area contributed by atoms with Gasteiger partial charge in [-0.2, -0.15) is 5.10 Å². The van der Waals surface area contributed by atoms with Gasteiger partial charge in [-0.15, -0.1) is 0 Å². The third-order valence-electron chi connectivity index (χ3n) is 3.61. The average molecular weight is 296 g/mol. The number of aliphatic carboxylic acids is 1. The molecule has 114 valence electrons. The Morgan fingerprint density at radius 3 is 2.52 bits per heavy atom. The maximum absolute atomic E-state index is 11.8. The molecule has 1 aliphatic rings. The van der Waals surface area contributed by atoms with E-state index in [1.165, 1.54) is 11.6 Å². The minimum absolute atomic E-state index is 0.0220. The molecule has 9 heteroatoms. The summed E-state index contributed by atoms with van der Waals surface area (Å²) in [5.41, 5.74) is -0.496. The summed E-state index contributed by atoms with van der Waals surface area (Å²) in [6.45, 7) is 3.27. The van der Waals surface area contributed by atoms with E-state index in [2.05, 4.69) is 10.4 Å². The molecule has 21 heavy (non-hydrogen) atoms. The van der Waals surface area contributed by atoms with Crippen molar-refractivity contribution < 1.29 is 19.6 Å². The van der Waals surface area contributed by atoms with Crippen molar-refractivity contribution in [3.05, 3.63) is 21.5 Å². The van der Waals surface area contributed by atoms with Crippen LogP contribution in [-0.4, -0.2) is 37.2 Å². The van der Waals surface area contributed by atoms with Gasteiger partial charge in [0.05, 0.1) is 11.5 Å². The average Bonchev–Trinajstić information content (AvgIpc) is 3.08. The number of carboxylic acids is 1. The van der Waals surface area contributed by atoms with Crippen molar-refractivity contribution in [2.45, 2.75) is 45.2 Å². The van der Waals surface area contributed by atoms with Crippen LogP contribution in [-0.2, 0) is 16.1 Å². The van der Waals surface area contributed by atoms with Gasteiger partial charge in [0.1, 0.15) is 16.9 Å². The molecule has 1 aliphatic carbocycles. The smallest absolute Gasteiger partial charge is 0.329 e. The lowest BCUT2D eigenvalue weighted by atomic mass is 10.2. The number of carboxylic acid groups (broad SMARTS) is 1. The summed E-state index contributed by atoms with van der Waals surface area (Å²) in [6.07, 6.45) is 0.882. The molecule has 0 atom stereocenters. The largest absolute Gasteiger partial charge is 0.480 e. The van der Waals surface area contributed by atoms with Crippen LogP contribution in [0.3, 0.4) is 0 Å². The molecule has 2 rings (SSSR count). The van der Waals surface area contributed by atoms with Crippen LogP contribution >= 0.6 is 0 Å². The number of hydrogen-bond donors (Lipinski definition) is 2. The number of nitro groups is 1. The predicted molar refractivity (Wildman–Crippen MR) is 70.7 cm³/mol. The van der Waals surface area contributed by atoms with Gasteiger partial charge < -0.3 is 10.4 Å². The lowest BCUT2D eigenvalue weighted by molar-refractivity contribution is -0.386. The highest BCUT2D eigenvalue weighted by molar-refractivity contribution is 5.89. The molecule has 0 aromatic carbocycles. The Balaban J connectivity index is 1.98. The van der Waals surface area contributed by atoms with E-state index < -0.39 is 22.3 Å². The number of aryl methyl sites for hydroxylation is 2. The molecule has 0 saturated heterocycles. The van der Waals surface area contributed by atoms with Crippen LogP contribution in [0.4, 0.5) is 5.69 Å². The van der Waals surface area contributed by atoms with Gasteiger partial charge in [-0.1, -0.05) is 0 Å². The number of nitrogens with zero attached hydrogens (tertiary/aromatic N) is 3. The maximum atomic E-state index is 11.8. The molecule has 0 unspecified atom stereocenters. The van der Waals surface area contributed by atoms with Gasteiger partial charge in [0.2, 0.25) is 5.91 Å². The van der Waals surface area contributed by atoms with Crippen molar-refractivity contribution >= 4 is 17.6 Å². The van der Waals surface area contributed by atoms with Crippen LogP contribution in [0.2, 0.25) is 0 Å². The summed E-state index contributed by atoms with van der Waals surface area (Å²) in [5.74, 6) is -1.43. The highest BCUT2D eigenvalue weighted by Crippen LogP contribution is 2.35. The first kappa shape index (κ1) is 14.9. The van der Waals surface area contributed by atoms with Crippen LogP contribution in [0.5, 0.6) is 0 Å².